The summed E-state index contributed by atoms with van der Waals surface area (Å²) in [6, 6.07) is 8.95. The van der Waals surface area contributed by atoms with Crippen molar-refractivity contribution < 1.29 is 4.79 Å². The normalized spacial score (nSPS) is 18.0. The number of nitrogens with one attached hydrogen (secondary N) is 1. The van der Waals surface area contributed by atoms with Crippen LogP contribution in [0.2, 0.25) is 0 Å². The van der Waals surface area contributed by atoms with Gasteiger partial charge in [-0.25, -0.2) is 4.98 Å². The predicted octanol–water partition coefficient (Wildman–Crippen LogP) is 4.29. The predicted molar refractivity (Wildman–Crippen MR) is 99.9 cm³/mol. The molecule has 1 unspecified atom stereocenters. The summed E-state index contributed by atoms with van der Waals surface area (Å²) in [6.45, 7) is 7.89. The molecule has 1 atom stereocenters. The van der Waals surface area contributed by atoms with Crippen LogP contribution in [0.4, 0.5) is 5.69 Å². The van der Waals surface area contributed by atoms with Gasteiger partial charge < -0.3 is 10.2 Å². The number of thiazole rings is 1. The first-order valence-corrected chi connectivity index (χ1v) is 9.48. The summed E-state index contributed by atoms with van der Waals surface area (Å²) in [5.74, 6) is 0.668. The summed E-state index contributed by atoms with van der Waals surface area (Å²) in [5, 5.41) is 3.59. The first-order chi connectivity index (χ1) is 11.5. The molecule has 1 saturated heterocycles. The van der Waals surface area contributed by atoms with Gasteiger partial charge in [0.2, 0.25) is 0 Å². The van der Waals surface area contributed by atoms with Gasteiger partial charge in [-0.2, -0.15) is 0 Å². The fourth-order valence-electron chi connectivity index (χ4n) is 3.13. The van der Waals surface area contributed by atoms with Crippen molar-refractivity contribution >= 4 is 22.9 Å². The second-order valence-corrected chi connectivity index (χ2v) is 7.63. The zero-order chi connectivity index (χ0) is 17.1. The summed E-state index contributed by atoms with van der Waals surface area (Å²) >= 11 is 1.44. The maximum Gasteiger partial charge on any atom is 0.265 e. The van der Waals surface area contributed by atoms with Gasteiger partial charge in [0.25, 0.3) is 5.91 Å². The largest absolute Gasteiger partial charge is 0.381 e. The molecule has 5 heteroatoms. The summed E-state index contributed by atoms with van der Waals surface area (Å²) in [4.78, 5) is 19.6. The van der Waals surface area contributed by atoms with Crippen LogP contribution in [0.15, 0.2) is 29.8 Å². The van der Waals surface area contributed by atoms with E-state index in [2.05, 4.69) is 48.4 Å². The molecule has 1 amide bonds. The Morgan fingerprint density at radius 2 is 2.08 bits per heavy atom. The molecule has 4 nitrogen and oxygen atoms in total. The van der Waals surface area contributed by atoms with Crippen molar-refractivity contribution in [2.24, 2.45) is 0 Å². The lowest BCUT2D eigenvalue weighted by molar-refractivity contribution is 0.0719. The minimum atomic E-state index is 0.122. The fourth-order valence-corrected chi connectivity index (χ4v) is 3.90. The molecule has 0 spiro atoms. The lowest BCUT2D eigenvalue weighted by Gasteiger charge is -2.33. The number of hydrogen-bond acceptors (Lipinski definition) is 4. The number of hydrogen-bond donors (Lipinski definition) is 1. The number of amides is 1. The number of likely N-dealkylation sites (tertiary alicyclic amines) is 1. The number of piperidine rings is 1. The highest BCUT2D eigenvalue weighted by Crippen LogP contribution is 2.22. The maximum absolute atomic E-state index is 12.7. The molecule has 1 aliphatic rings. The van der Waals surface area contributed by atoms with Gasteiger partial charge in [0, 0.05) is 24.8 Å². The van der Waals surface area contributed by atoms with E-state index in [1.54, 1.807) is 5.51 Å². The van der Waals surface area contributed by atoms with Crippen LogP contribution >= 0.6 is 11.3 Å². The van der Waals surface area contributed by atoms with Crippen LogP contribution < -0.4 is 5.32 Å². The summed E-state index contributed by atoms with van der Waals surface area (Å²) in [6.07, 6.45) is 2.13. The molecule has 128 valence electrons. The van der Waals surface area contributed by atoms with Crippen LogP contribution in [0.5, 0.6) is 0 Å². The second kappa shape index (κ2) is 7.34. The monoisotopic (exact) mass is 343 g/mol. The number of anilines is 1. The molecule has 3 rings (SSSR count). The standard InChI is InChI=1S/C19H25N3OS/c1-13(2)15-6-8-16(9-7-15)21-17-5-4-10-22(11-17)19(23)18-14(3)20-12-24-18/h6-9,12-13,17,21H,4-5,10-11H2,1-3H3. The van der Waals surface area contributed by atoms with Crippen LogP contribution in [0, 0.1) is 6.92 Å². The molecule has 0 bridgehead atoms. The van der Waals surface area contributed by atoms with E-state index in [0.717, 1.165) is 42.2 Å². The Balaban J connectivity index is 1.63. The molecule has 1 aliphatic heterocycles. The molecular weight excluding hydrogens is 318 g/mol. The van der Waals surface area contributed by atoms with E-state index in [1.807, 2.05) is 11.8 Å². The Morgan fingerprint density at radius 1 is 1.33 bits per heavy atom. The Kier molecular flexibility index (Phi) is 5.19. The first kappa shape index (κ1) is 17.0. The zero-order valence-electron chi connectivity index (χ0n) is 14.6. The minimum Gasteiger partial charge on any atom is -0.381 e. The number of nitrogens with zero attached hydrogens (tertiary/aromatic N) is 2. The Bertz CT molecular complexity index is 693. The van der Waals surface area contributed by atoms with Crippen LogP contribution in [0.1, 0.15) is 53.5 Å². The lowest BCUT2D eigenvalue weighted by Crippen LogP contribution is -2.45. The van der Waals surface area contributed by atoms with Crippen molar-refractivity contribution in [3.8, 4) is 0 Å². The van der Waals surface area contributed by atoms with Crippen LogP contribution in [0.3, 0.4) is 0 Å². The van der Waals surface area contributed by atoms with Gasteiger partial charge in [-0.3, -0.25) is 4.79 Å². The molecule has 0 aliphatic carbocycles. The van der Waals surface area contributed by atoms with Crippen LogP contribution in [-0.2, 0) is 0 Å². The van der Waals surface area contributed by atoms with E-state index >= 15 is 0 Å². The summed E-state index contributed by atoms with van der Waals surface area (Å²) < 4.78 is 0. The van der Waals surface area contributed by atoms with Crippen LogP contribution in [0.25, 0.3) is 0 Å². The topological polar surface area (TPSA) is 45.2 Å². The van der Waals surface area contributed by atoms with Crippen molar-refractivity contribution in [1.29, 1.82) is 0 Å². The second-order valence-electron chi connectivity index (χ2n) is 6.78. The van der Waals surface area contributed by atoms with Crippen molar-refractivity contribution in [1.82, 2.24) is 9.88 Å². The molecule has 2 heterocycles. The number of rotatable bonds is 4. The van der Waals surface area contributed by atoms with Gasteiger partial charge in [0.15, 0.2) is 0 Å². The van der Waals surface area contributed by atoms with E-state index in [9.17, 15) is 4.79 Å². The third-order valence-corrected chi connectivity index (χ3v) is 5.51. The number of carbonyl (C=O) groups is 1. The van der Waals surface area contributed by atoms with Crippen LogP contribution in [-0.4, -0.2) is 34.9 Å². The Labute approximate surface area is 147 Å². The molecule has 1 aromatic heterocycles. The van der Waals surface area contributed by atoms with E-state index in [4.69, 9.17) is 0 Å². The summed E-state index contributed by atoms with van der Waals surface area (Å²) in [7, 11) is 0. The van der Waals surface area contributed by atoms with Crippen molar-refractivity contribution in [3.05, 3.63) is 45.9 Å². The smallest absolute Gasteiger partial charge is 0.265 e. The highest BCUT2D eigenvalue weighted by Gasteiger charge is 2.26. The van der Waals surface area contributed by atoms with Crippen molar-refractivity contribution in [2.45, 2.75) is 45.6 Å². The highest BCUT2D eigenvalue weighted by atomic mass is 32.1. The molecule has 1 aromatic carbocycles. The average molecular weight is 343 g/mol. The van der Waals surface area contributed by atoms with Crippen molar-refractivity contribution in [2.75, 3.05) is 18.4 Å². The molecule has 24 heavy (non-hydrogen) atoms. The first-order valence-electron chi connectivity index (χ1n) is 8.60. The van der Waals surface area contributed by atoms with Gasteiger partial charge in [-0.15, -0.1) is 11.3 Å². The zero-order valence-corrected chi connectivity index (χ0v) is 15.4. The lowest BCUT2D eigenvalue weighted by atomic mass is 10.0. The maximum atomic E-state index is 12.7. The molecule has 1 N–H and O–H groups in total. The Morgan fingerprint density at radius 3 is 2.71 bits per heavy atom. The van der Waals surface area contributed by atoms with E-state index in [1.165, 1.54) is 16.9 Å². The van der Waals surface area contributed by atoms with E-state index in [0.29, 0.717) is 12.0 Å². The summed E-state index contributed by atoms with van der Waals surface area (Å²) in [5.41, 5.74) is 5.07. The van der Waals surface area contributed by atoms with E-state index < -0.39 is 0 Å². The number of benzene rings is 1. The number of carbonyl (C=O) groups excluding carboxylic acids is 1. The van der Waals surface area contributed by atoms with Gasteiger partial charge in [0.05, 0.1) is 11.2 Å². The van der Waals surface area contributed by atoms with Gasteiger partial charge in [-0.1, -0.05) is 26.0 Å². The minimum absolute atomic E-state index is 0.122. The molecule has 0 saturated carbocycles. The highest BCUT2D eigenvalue weighted by molar-refractivity contribution is 7.11. The quantitative estimate of drug-likeness (QED) is 0.900. The Hall–Kier alpha value is -1.88. The molecule has 0 radical (unpaired) electrons. The average Bonchev–Trinajstić information content (AvgIpc) is 3.01. The molecule has 2 aromatic rings. The third kappa shape index (κ3) is 3.78. The number of aromatic nitrogens is 1. The molecular formula is C19H25N3OS. The third-order valence-electron chi connectivity index (χ3n) is 4.60. The fraction of sp³-hybridized carbons (Fsp3) is 0.474. The number of aryl methyl sites for hydroxylation is 1. The molecule has 1 fully saturated rings. The van der Waals surface area contributed by atoms with Gasteiger partial charge in [-0.05, 0) is 43.4 Å². The van der Waals surface area contributed by atoms with Gasteiger partial charge in [0.1, 0.15) is 4.88 Å². The van der Waals surface area contributed by atoms with Crippen molar-refractivity contribution in [3.63, 3.8) is 0 Å². The van der Waals surface area contributed by atoms with Gasteiger partial charge >= 0.3 is 0 Å². The van der Waals surface area contributed by atoms with E-state index in [-0.39, 0.29) is 5.91 Å². The SMILES string of the molecule is Cc1ncsc1C(=O)N1CCCC(Nc2ccc(C(C)C)cc2)C1.